The molecule has 2 aromatic rings. The van der Waals surface area contributed by atoms with Crippen LogP contribution in [0.25, 0.3) is 0 Å². The van der Waals surface area contributed by atoms with Crippen LogP contribution in [0.3, 0.4) is 0 Å². The van der Waals surface area contributed by atoms with Crippen LogP contribution >= 0.6 is 15.9 Å². The Kier molecular flexibility index (Phi) is 3.53. The minimum atomic E-state index is -3.68. The lowest BCUT2D eigenvalue weighted by molar-refractivity contribution is 0.600. The standard InChI is InChI=1S/C11H10BrN3O2S/c12-8-4-1-2-5-9(8)18(16,17)15-11-7-3-6-10(13)14-11/h1-7H,(H3,13,14,15). The Morgan fingerprint density at radius 3 is 2.50 bits per heavy atom. The maximum Gasteiger partial charge on any atom is 0.264 e. The van der Waals surface area contributed by atoms with Crippen molar-refractivity contribution in [1.29, 1.82) is 0 Å². The molecule has 0 bridgehead atoms. The third kappa shape index (κ3) is 2.80. The Balaban J connectivity index is 2.37. The van der Waals surface area contributed by atoms with Crippen molar-refractivity contribution in [3.63, 3.8) is 0 Å². The number of nitrogens with two attached hydrogens (primary N) is 1. The van der Waals surface area contributed by atoms with Crippen LogP contribution in [-0.4, -0.2) is 13.4 Å². The number of halogens is 1. The number of rotatable bonds is 3. The number of benzene rings is 1. The van der Waals surface area contributed by atoms with Crippen LogP contribution in [-0.2, 0) is 10.0 Å². The molecule has 94 valence electrons. The van der Waals surface area contributed by atoms with Crippen LogP contribution in [0.15, 0.2) is 51.8 Å². The predicted molar refractivity (Wildman–Crippen MR) is 73.6 cm³/mol. The van der Waals surface area contributed by atoms with Crippen LogP contribution in [0.5, 0.6) is 0 Å². The zero-order valence-corrected chi connectivity index (χ0v) is 11.6. The first-order valence-electron chi connectivity index (χ1n) is 4.99. The number of anilines is 2. The van der Waals surface area contributed by atoms with Crippen molar-refractivity contribution in [1.82, 2.24) is 4.98 Å². The lowest BCUT2D eigenvalue weighted by atomic mass is 10.4. The molecular weight excluding hydrogens is 318 g/mol. The molecule has 1 aromatic carbocycles. The lowest BCUT2D eigenvalue weighted by Crippen LogP contribution is -2.14. The first-order chi connectivity index (χ1) is 8.49. The summed E-state index contributed by atoms with van der Waals surface area (Å²) >= 11 is 3.20. The largest absolute Gasteiger partial charge is 0.384 e. The fourth-order valence-electron chi connectivity index (χ4n) is 1.36. The molecule has 0 fully saturated rings. The molecule has 0 radical (unpaired) electrons. The third-order valence-electron chi connectivity index (χ3n) is 2.14. The number of hydrogen-bond acceptors (Lipinski definition) is 4. The van der Waals surface area contributed by atoms with Crippen molar-refractivity contribution in [2.45, 2.75) is 4.90 Å². The Labute approximate surface area is 113 Å². The number of nitrogens with zero attached hydrogens (tertiary/aromatic N) is 1. The highest BCUT2D eigenvalue weighted by Gasteiger charge is 2.17. The van der Waals surface area contributed by atoms with E-state index in [2.05, 4.69) is 25.6 Å². The van der Waals surface area contributed by atoms with E-state index in [4.69, 9.17) is 5.73 Å². The molecule has 0 spiro atoms. The molecule has 0 unspecified atom stereocenters. The molecular formula is C11H10BrN3O2S. The summed E-state index contributed by atoms with van der Waals surface area (Å²) in [6.45, 7) is 0. The van der Waals surface area contributed by atoms with Gasteiger partial charge in [-0.05, 0) is 40.2 Å². The number of pyridine rings is 1. The van der Waals surface area contributed by atoms with Crippen molar-refractivity contribution >= 4 is 37.6 Å². The van der Waals surface area contributed by atoms with E-state index in [1.165, 1.54) is 12.1 Å². The van der Waals surface area contributed by atoms with E-state index in [1.807, 2.05) is 0 Å². The number of hydrogen-bond donors (Lipinski definition) is 2. The molecule has 0 saturated carbocycles. The minimum Gasteiger partial charge on any atom is -0.384 e. The van der Waals surface area contributed by atoms with Gasteiger partial charge in [-0.3, -0.25) is 4.72 Å². The molecule has 1 heterocycles. The molecule has 5 nitrogen and oxygen atoms in total. The summed E-state index contributed by atoms with van der Waals surface area (Å²) in [4.78, 5) is 4.03. The van der Waals surface area contributed by atoms with Gasteiger partial charge in [0.25, 0.3) is 10.0 Å². The van der Waals surface area contributed by atoms with Gasteiger partial charge in [0.15, 0.2) is 0 Å². The lowest BCUT2D eigenvalue weighted by Gasteiger charge is -2.08. The summed E-state index contributed by atoms with van der Waals surface area (Å²) in [6.07, 6.45) is 0. The SMILES string of the molecule is Nc1cccc(NS(=O)(=O)c2ccccc2Br)n1. The van der Waals surface area contributed by atoms with Gasteiger partial charge in [-0.2, -0.15) is 0 Å². The molecule has 1 aromatic heterocycles. The number of nitrogens with one attached hydrogen (secondary N) is 1. The molecule has 0 atom stereocenters. The third-order valence-corrected chi connectivity index (χ3v) is 4.50. The van der Waals surface area contributed by atoms with Crippen LogP contribution in [0, 0.1) is 0 Å². The van der Waals surface area contributed by atoms with Gasteiger partial charge in [0.05, 0.1) is 0 Å². The van der Waals surface area contributed by atoms with E-state index < -0.39 is 10.0 Å². The molecule has 18 heavy (non-hydrogen) atoms. The summed E-state index contributed by atoms with van der Waals surface area (Å²) in [7, 11) is -3.68. The summed E-state index contributed by atoms with van der Waals surface area (Å²) in [6, 6.07) is 11.3. The fraction of sp³-hybridized carbons (Fsp3) is 0. The highest BCUT2D eigenvalue weighted by atomic mass is 79.9. The van der Waals surface area contributed by atoms with Gasteiger partial charge in [0, 0.05) is 4.47 Å². The second-order valence-corrected chi connectivity index (χ2v) is 5.99. The molecule has 3 N–H and O–H groups in total. The highest BCUT2D eigenvalue weighted by molar-refractivity contribution is 9.10. The van der Waals surface area contributed by atoms with E-state index in [0.29, 0.717) is 4.47 Å². The van der Waals surface area contributed by atoms with Crippen molar-refractivity contribution < 1.29 is 8.42 Å². The van der Waals surface area contributed by atoms with Crippen molar-refractivity contribution in [3.05, 3.63) is 46.9 Å². The van der Waals surface area contributed by atoms with Gasteiger partial charge >= 0.3 is 0 Å². The summed E-state index contributed by atoms with van der Waals surface area (Å²) < 4.78 is 27.1. The quantitative estimate of drug-likeness (QED) is 0.905. The van der Waals surface area contributed by atoms with Crippen molar-refractivity contribution in [2.75, 3.05) is 10.5 Å². The summed E-state index contributed by atoms with van der Waals surface area (Å²) in [5.74, 6) is 0.438. The fourth-order valence-corrected chi connectivity index (χ4v) is 3.37. The summed E-state index contributed by atoms with van der Waals surface area (Å²) in [5.41, 5.74) is 5.49. The van der Waals surface area contributed by atoms with Crippen LogP contribution < -0.4 is 10.5 Å². The minimum absolute atomic E-state index is 0.147. The van der Waals surface area contributed by atoms with E-state index in [-0.39, 0.29) is 16.5 Å². The summed E-state index contributed by atoms with van der Waals surface area (Å²) in [5, 5.41) is 0. The van der Waals surface area contributed by atoms with Gasteiger partial charge < -0.3 is 5.73 Å². The predicted octanol–water partition coefficient (Wildman–Crippen LogP) is 2.23. The number of nitrogen functional groups attached to an aromatic ring is 1. The average molecular weight is 328 g/mol. The molecule has 0 aliphatic carbocycles. The van der Waals surface area contributed by atoms with E-state index in [1.54, 1.807) is 30.3 Å². The molecule has 2 rings (SSSR count). The second-order valence-electron chi connectivity index (χ2n) is 3.48. The maximum absolute atomic E-state index is 12.1. The molecule has 7 heteroatoms. The first-order valence-corrected chi connectivity index (χ1v) is 7.26. The normalized spacial score (nSPS) is 11.2. The Hall–Kier alpha value is -1.60. The van der Waals surface area contributed by atoms with Gasteiger partial charge in [-0.1, -0.05) is 18.2 Å². The molecule has 0 saturated heterocycles. The van der Waals surface area contributed by atoms with Crippen LogP contribution in [0.4, 0.5) is 11.6 Å². The maximum atomic E-state index is 12.1. The van der Waals surface area contributed by atoms with Crippen molar-refractivity contribution in [2.24, 2.45) is 0 Å². The Morgan fingerprint density at radius 1 is 1.11 bits per heavy atom. The van der Waals surface area contributed by atoms with Crippen LogP contribution in [0.1, 0.15) is 0 Å². The number of sulfonamides is 1. The zero-order chi connectivity index (χ0) is 13.2. The first kappa shape index (κ1) is 12.8. The van der Waals surface area contributed by atoms with Gasteiger partial charge in [0.2, 0.25) is 0 Å². The zero-order valence-electron chi connectivity index (χ0n) is 9.17. The topological polar surface area (TPSA) is 85.1 Å². The Morgan fingerprint density at radius 2 is 1.83 bits per heavy atom. The van der Waals surface area contributed by atoms with Gasteiger partial charge in [-0.25, -0.2) is 13.4 Å². The monoisotopic (exact) mass is 327 g/mol. The second kappa shape index (κ2) is 4.95. The average Bonchev–Trinajstić information content (AvgIpc) is 2.28. The van der Waals surface area contributed by atoms with E-state index >= 15 is 0 Å². The smallest absolute Gasteiger partial charge is 0.264 e. The van der Waals surface area contributed by atoms with E-state index in [0.717, 1.165) is 0 Å². The highest BCUT2D eigenvalue weighted by Crippen LogP contribution is 2.23. The van der Waals surface area contributed by atoms with Crippen molar-refractivity contribution in [3.8, 4) is 0 Å². The van der Waals surface area contributed by atoms with Crippen LogP contribution in [0.2, 0.25) is 0 Å². The Bertz CT molecular complexity index is 673. The molecule has 0 amide bonds. The number of aromatic nitrogens is 1. The van der Waals surface area contributed by atoms with Gasteiger partial charge in [-0.15, -0.1) is 0 Å². The molecule has 0 aliphatic rings. The van der Waals surface area contributed by atoms with Gasteiger partial charge in [0.1, 0.15) is 16.5 Å². The molecule has 0 aliphatic heterocycles. The van der Waals surface area contributed by atoms with E-state index in [9.17, 15) is 8.42 Å².